The maximum absolute atomic E-state index is 12.4. The minimum absolute atomic E-state index is 0.00886. The van der Waals surface area contributed by atoms with Crippen LogP contribution >= 0.6 is 23.2 Å². The van der Waals surface area contributed by atoms with E-state index in [0.29, 0.717) is 35.1 Å². The van der Waals surface area contributed by atoms with Gasteiger partial charge in [-0.1, -0.05) is 23.2 Å². The number of hydrogen-bond acceptors (Lipinski definition) is 3. The van der Waals surface area contributed by atoms with E-state index in [1.54, 1.807) is 18.2 Å². The number of hydrogen-bond donors (Lipinski definition) is 2. The molecule has 1 heterocycles. The molecule has 1 aliphatic heterocycles. The monoisotopic (exact) mass is 398 g/mol. The number of amides is 2. The molecule has 7 heteroatoms. The van der Waals surface area contributed by atoms with Gasteiger partial charge in [0.05, 0.1) is 16.1 Å². The first-order valence-corrected chi connectivity index (χ1v) is 9.93. The van der Waals surface area contributed by atoms with Crippen LogP contribution < -0.4 is 10.6 Å². The molecule has 0 radical (unpaired) electrons. The van der Waals surface area contributed by atoms with Gasteiger partial charge in [0.25, 0.3) is 0 Å². The molecule has 1 aromatic carbocycles. The number of carbonyl (C=O) groups is 2. The fourth-order valence-corrected chi connectivity index (χ4v) is 3.90. The first kappa shape index (κ1) is 19.5. The Labute approximate surface area is 163 Å². The molecule has 1 saturated heterocycles. The van der Waals surface area contributed by atoms with Crippen molar-refractivity contribution in [3.63, 3.8) is 0 Å². The largest absolute Gasteiger partial charge is 0.376 e. The number of anilines is 1. The lowest BCUT2D eigenvalue weighted by atomic mass is 9.81. The Kier molecular flexibility index (Phi) is 6.79. The highest BCUT2D eigenvalue weighted by Gasteiger charge is 2.30. The van der Waals surface area contributed by atoms with Gasteiger partial charge in [0.15, 0.2) is 0 Å². The van der Waals surface area contributed by atoms with Crippen LogP contribution in [0.25, 0.3) is 0 Å². The Morgan fingerprint density at radius 1 is 1.00 bits per heavy atom. The van der Waals surface area contributed by atoms with Crippen molar-refractivity contribution in [2.45, 2.75) is 44.6 Å². The van der Waals surface area contributed by atoms with Gasteiger partial charge >= 0.3 is 0 Å². The predicted molar refractivity (Wildman–Crippen MR) is 103 cm³/mol. The van der Waals surface area contributed by atoms with E-state index in [1.807, 2.05) is 0 Å². The highest BCUT2D eigenvalue weighted by Crippen LogP contribution is 2.31. The molecule has 1 saturated carbocycles. The minimum Gasteiger partial charge on any atom is -0.376 e. The quantitative estimate of drug-likeness (QED) is 0.786. The number of rotatable bonds is 5. The van der Waals surface area contributed by atoms with Gasteiger partial charge < -0.3 is 15.4 Å². The molecule has 0 bridgehead atoms. The second-order valence-corrected chi connectivity index (χ2v) is 7.86. The SMILES string of the molecule is O=C(NCC1CCCO1)C1CCC(C(=O)Nc2ccc(Cl)c(Cl)c2)CC1. The van der Waals surface area contributed by atoms with Gasteiger partial charge in [-0.05, 0) is 56.7 Å². The number of nitrogens with one attached hydrogen (secondary N) is 2. The number of ether oxygens (including phenoxy) is 1. The van der Waals surface area contributed by atoms with Crippen LogP contribution in [-0.4, -0.2) is 31.1 Å². The van der Waals surface area contributed by atoms with E-state index in [1.165, 1.54) is 0 Å². The standard InChI is InChI=1S/C19H24Cl2N2O3/c20-16-8-7-14(10-17(16)21)23-19(25)13-5-3-12(4-6-13)18(24)22-11-15-2-1-9-26-15/h7-8,10,12-13,15H,1-6,9,11H2,(H,22,24)(H,23,25). The second kappa shape index (κ2) is 9.07. The molecule has 26 heavy (non-hydrogen) atoms. The van der Waals surface area contributed by atoms with Gasteiger partial charge in [0.2, 0.25) is 11.8 Å². The lowest BCUT2D eigenvalue weighted by Gasteiger charge is -2.27. The van der Waals surface area contributed by atoms with Crippen LogP contribution in [0.3, 0.4) is 0 Å². The van der Waals surface area contributed by atoms with E-state index in [4.69, 9.17) is 27.9 Å². The highest BCUT2D eigenvalue weighted by molar-refractivity contribution is 6.42. The summed E-state index contributed by atoms with van der Waals surface area (Å²) in [7, 11) is 0. The van der Waals surface area contributed by atoms with Crippen molar-refractivity contribution in [1.29, 1.82) is 0 Å². The lowest BCUT2D eigenvalue weighted by Crippen LogP contribution is -2.38. The van der Waals surface area contributed by atoms with E-state index in [-0.39, 0.29) is 29.8 Å². The molecule has 1 aliphatic carbocycles. The summed E-state index contributed by atoms with van der Waals surface area (Å²) in [6, 6.07) is 5.04. The topological polar surface area (TPSA) is 67.4 Å². The molecule has 1 aromatic rings. The van der Waals surface area contributed by atoms with Crippen LogP contribution in [0, 0.1) is 11.8 Å². The summed E-state index contributed by atoms with van der Waals surface area (Å²) >= 11 is 11.9. The van der Waals surface area contributed by atoms with Crippen molar-refractivity contribution in [3.8, 4) is 0 Å². The molecular weight excluding hydrogens is 375 g/mol. The van der Waals surface area contributed by atoms with Crippen LogP contribution in [-0.2, 0) is 14.3 Å². The molecule has 5 nitrogen and oxygen atoms in total. The zero-order chi connectivity index (χ0) is 18.5. The molecule has 1 unspecified atom stereocenters. The van der Waals surface area contributed by atoms with E-state index in [9.17, 15) is 9.59 Å². The third-order valence-electron chi connectivity index (χ3n) is 5.18. The molecule has 2 fully saturated rings. The summed E-state index contributed by atoms with van der Waals surface area (Å²) in [4.78, 5) is 24.7. The van der Waals surface area contributed by atoms with Crippen molar-refractivity contribution in [2.75, 3.05) is 18.5 Å². The Balaban J connectivity index is 1.42. The van der Waals surface area contributed by atoms with Gasteiger partial charge in [-0.2, -0.15) is 0 Å². The van der Waals surface area contributed by atoms with Crippen LogP contribution in [0.15, 0.2) is 18.2 Å². The Hall–Kier alpha value is -1.30. The molecule has 142 valence electrons. The molecule has 0 aromatic heterocycles. The van der Waals surface area contributed by atoms with Crippen molar-refractivity contribution >= 4 is 40.7 Å². The molecule has 2 amide bonds. The molecule has 2 aliphatic rings. The van der Waals surface area contributed by atoms with E-state index in [0.717, 1.165) is 32.3 Å². The Morgan fingerprint density at radius 2 is 1.69 bits per heavy atom. The van der Waals surface area contributed by atoms with Gasteiger partial charge in [-0.15, -0.1) is 0 Å². The first-order chi connectivity index (χ1) is 12.5. The van der Waals surface area contributed by atoms with Crippen LogP contribution in [0.4, 0.5) is 5.69 Å². The molecule has 0 spiro atoms. The normalized spacial score (nSPS) is 25.7. The first-order valence-electron chi connectivity index (χ1n) is 9.18. The summed E-state index contributed by atoms with van der Waals surface area (Å²) in [5, 5.41) is 6.76. The van der Waals surface area contributed by atoms with E-state index >= 15 is 0 Å². The number of halogens is 2. The Morgan fingerprint density at radius 3 is 2.31 bits per heavy atom. The van der Waals surface area contributed by atoms with Crippen LogP contribution in [0.2, 0.25) is 10.0 Å². The van der Waals surface area contributed by atoms with E-state index < -0.39 is 0 Å². The average molecular weight is 399 g/mol. The fraction of sp³-hybridized carbons (Fsp3) is 0.579. The van der Waals surface area contributed by atoms with Crippen molar-refractivity contribution < 1.29 is 14.3 Å². The third kappa shape index (κ3) is 5.12. The smallest absolute Gasteiger partial charge is 0.227 e. The van der Waals surface area contributed by atoms with Gasteiger partial charge in [-0.25, -0.2) is 0 Å². The van der Waals surface area contributed by atoms with Crippen LogP contribution in [0.5, 0.6) is 0 Å². The van der Waals surface area contributed by atoms with Crippen molar-refractivity contribution in [2.24, 2.45) is 11.8 Å². The molecule has 1 atom stereocenters. The summed E-state index contributed by atoms with van der Waals surface area (Å²) in [6.45, 7) is 1.39. The molecule has 3 rings (SSSR count). The fourth-order valence-electron chi connectivity index (χ4n) is 3.60. The van der Waals surface area contributed by atoms with Crippen molar-refractivity contribution in [3.05, 3.63) is 28.2 Å². The predicted octanol–water partition coefficient (Wildman–Crippen LogP) is 4.03. The zero-order valence-electron chi connectivity index (χ0n) is 14.6. The minimum atomic E-state index is -0.0772. The van der Waals surface area contributed by atoms with Crippen LogP contribution in [0.1, 0.15) is 38.5 Å². The second-order valence-electron chi connectivity index (χ2n) is 7.05. The van der Waals surface area contributed by atoms with E-state index in [2.05, 4.69) is 10.6 Å². The van der Waals surface area contributed by atoms with Gasteiger partial charge in [-0.3, -0.25) is 9.59 Å². The zero-order valence-corrected chi connectivity index (χ0v) is 16.1. The van der Waals surface area contributed by atoms with Gasteiger partial charge in [0.1, 0.15) is 0 Å². The Bertz CT molecular complexity index is 654. The summed E-state index contributed by atoms with van der Waals surface area (Å²) in [6.07, 6.45) is 5.14. The van der Waals surface area contributed by atoms with Gasteiger partial charge in [0, 0.05) is 30.7 Å². The number of carbonyl (C=O) groups excluding carboxylic acids is 2. The lowest BCUT2D eigenvalue weighted by molar-refractivity contribution is -0.128. The molecular formula is C19H24Cl2N2O3. The average Bonchev–Trinajstić information content (AvgIpc) is 3.16. The summed E-state index contributed by atoms with van der Waals surface area (Å²) < 4.78 is 5.53. The highest BCUT2D eigenvalue weighted by atomic mass is 35.5. The summed E-state index contributed by atoms with van der Waals surface area (Å²) in [5.41, 5.74) is 0.640. The third-order valence-corrected chi connectivity index (χ3v) is 5.92. The summed E-state index contributed by atoms with van der Waals surface area (Å²) in [5.74, 6) is -0.0254. The number of benzene rings is 1. The van der Waals surface area contributed by atoms with Crippen molar-refractivity contribution in [1.82, 2.24) is 5.32 Å². The molecule has 2 N–H and O–H groups in total. The maximum atomic E-state index is 12.4. The maximum Gasteiger partial charge on any atom is 0.227 e.